The number of halogens is 1. The van der Waals surface area contributed by atoms with Crippen molar-refractivity contribution in [3.63, 3.8) is 0 Å². The lowest BCUT2D eigenvalue weighted by atomic mass is 10.3. The van der Waals surface area contributed by atoms with Crippen LogP contribution in [0.2, 0.25) is 5.02 Å². The smallest absolute Gasteiger partial charge is 0.277 e. The van der Waals surface area contributed by atoms with Crippen molar-refractivity contribution in [2.24, 2.45) is 0 Å². The van der Waals surface area contributed by atoms with Gasteiger partial charge in [-0.3, -0.25) is 14.6 Å². The van der Waals surface area contributed by atoms with Crippen molar-refractivity contribution in [3.8, 4) is 0 Å². The average Bonchev–Trinajstić information content (AvgIpc) is 3.07. The summed E-state index contributed by atoms with van der Waals surface area (Å²) in [6.07, 6.45) is 1.07. The van der Waals surface area contributed by atoms with Crippen LogP contribution in [0.25, 0.3) is 0 Å². The minimum atomic E-state index is -0.316. The van der Waals surface area contributed by atoms with Gasteiger partial charge in [0.1, 0.15) is 6.26 Å². The van der Waals surface area contributed by atoms with E-state index in [-0.39, 0.29) is 17.7 Å². The van der Waals surface area contributed by atoms with Gasteiger partial charge in [0.25, 0.3) is 5.91 Å². The van der Waals surface area contributed by atoms with Crippen molar-refractivity contribution in [1.82, 2.24) is 14.8 Å². The molecule has 0 unspecified atom stereocenters. The van der Waals surface area contributed by atoms with Gasteiger partial charge in [0.2, 0.25) is 5.89 Å². The minimum Gasteiger partial charge on any atom is -0.447 e. The van der Waals surface area contributed by atoms with Crippen LogP contribution in [0.1, 0.15) is 23.3 Å². The average molecular weight is 379 g/mol. The first-order valence-electron chi connectivity index (χ1n) is 8.63. The van der Waals surface area contributed by atoms with Crippen LogP contribution in [0.3, 0.4) is 0 Å². The molecule has 2 N–H and O–H groups in total. The quantitative estimate of drug-likeness (QED) is 0.801. The van der Waals surface area contributed by atoms with Gasteiger partial charge in [-0.15, -0.1) is 0 Å². The summed E-state index contributed by atoms with van der Waals surface area (Å²) in [6, 6.07) is 6.88. The molecule has 0 radical (unpaired) electrons. The largest absolute Gasteiger partial charge is 0.447 e. The molecule has 26 heavy (non-hydrogen) atoms. The highest BCUT2D eigenvalue weighted by molar-refractivity contribution is 6.30. The van der Waals surface area contributed by atoms with Crippen molar-refractivity contribution < 1.29 is 14.3 Å². The van der Waals surface area contributed by atoms with Crippen molar-refractivity contribution in [2.45, 2.75) is 19.6 Å². The summed E-state index contributed by atoms with van der Waals surface area (Å²) >= 11 is 5.83. The summed E-state index contributed by atoms with van der Waals surface area (Å²) in [5.74, 6) is 0.208. The maximum atomic E-state index is 12.2. The normalized spacial score (nSPS) is 17.2. The summed E-state index contributed by atoms with van der Waals surface area (Å²) in [5.41, 5.74) is 0.904. The molecule has 140 valence electrons. The van der Waals surface area contributed by atoms with Crippen LogP contribution >= 0.6 is 11.6 Å². The number of nitrogens with one attached hydrogen (secondary N) is 1. The number of hydrogen-bond donors (Lipinski definition) is 2. The lowest BCUT2D eigenvalue weighted by Gasteiger charge is -2.34. The van der Waals surface area contributed by atoms with E-state index in [2.05, 4.69) is 20.1 Å². The highest BCUT2D eigenvalue weighted by Crippen LogP contribution is 2.15. The molecule has 1 aliphatic heterocycles. The molecule has 2 heterocycles. The van der Waals surface area contributed by atoms with Crippen molar-refractivity contribution in [3.05, 3.63) is 47.1 Å². The lowest BCUT2D eigenvalue weighted by Crippen LogP contribution is -2.47. The predicted molar refractivity (Wildman–Crippen MR) is 99.3 cm³/mol. The minimum absolute atomic E-state index is 0.252. The zero-order chi connectivity index (χ0) is 18.5. The topological polar surface area (TPSA) is 81.8 Å². The van der Waals surface area contributed by atoms with Gasteiger partial charge < -0.3 is 14.8 Å². The van der Waals surface area contributed by atoms with E-state index in [0.717, 1.165) is 26.2 Å². The highest BCUT2D eigenvalue weighted by atomic mass is 35.5. The third-order valence-corrected chi connectivity index (χ3v) is 4.48. The number of nitrogens with zero attached hydrogens (tertiary/aromatic N) is 3. The van der Waals surface area contributed by atoms with E-state index >= 15 is 0 Å². The van der Waals surface area contributed by atoms with Crippen LogP contribution in [-0.2, 0) is 6.54 Å². The number of anilines is 1. The van der Waals surface area contributed by atoms with Crippen LogP contribution in [0.4, 0.5) is 5.69 Å². The molecular formula is C18H23ClN4O3. The van der Waals surface area contributed by atoms with E-state index in [1.54, 1.807) is 31.2 Å². The van der Waals surface area contributed by atoms with E-state index in [4.69, 9.17) is 16.0 Å². The van der Waals surface area contributed by atoms with E-state index in [9.17, 15) is 9.90 Å². The van der Waals surface area contributed by atoms with Crippen molar-refractivity contribution in [2.75, 3.05) is 38.0 Å². The molecule has 1 saturated heterocycles. The summed E-state index contributed by atoms with van der Waals surface area (Å²) in [4.78, 5) is 21.0. The zero-order valence-electron chi connectivity index (χ0n) is 14.7. The molecule has 1 atom stereocenters. The second-order valence-corrected chi connectivity index (χ2v) is 6.95. The van der Waals surface area contributed by atoms with E-state index in [1.165, 1.54) is 6.26 Å². The van der Waals surface area contributed by atoms with Crippen LogP contribution in [0.5, 0.6) is 0 Å². The summed E-state index contributed by atoms with van der Waals surface area (Å²) in [5, 5.41) is 12.8. The van der Waals surface area contributed by atoms with Gasteiger partial charge in [0, 0.05) is 43.4 Å². The SMILES string of the molecule is C[C@@H](O)CN1CCN(Cc2nc(C(=O)Nc3ccc(Cl)cc3)co2)CC1. The lowest BCUT2D eigenvalue weighted by molar-refractivity contribution is 0.0747. The number of piperazine rings is 1. The number of aliphatic hydroxyl groups is 1. The summed E-state index contributed by atoms with van der Waals surface area (Å²) in [6.45, 7) is 6.61. The third kappa shape index (κ3) is 5.28. The Kier molecular flexibility index (Phi) is 6.26. The number of carbonyl (C=O) groups excluding carboxylic acids is 1. The van der Waals surface area contributed by atoms with E-state index in [1.807, 2.05) is 0 Å². The highest BCUT2D eigenvalue weighted by Gasteiger charge is 2.20. The molecule has 8 heteroatoms. The number of β-amino-alcohol motifs (C(OH)–C–C–N with tert-alkyl or cyclic N) is 1. The van der Waals surface area contributed by atoms with Crippen LogP contribution in [0, 0.1) is 0 Å². The third-order valence-electron chi connectivity index (χ3n) is 4.23. The summed E-state index contributed by atoms with van der Waals surface area (Å²) < 4.78 is 5.45. The molecule has 2 aromatic rings. The number of oxazole rings is 1. The Hall–Kier alpha value is -1.93. The van der Waals surface area contributed by atoms with Gasteiger partial charge in [-0.05, 0) is 31.2 Å². The standard InChI is InChI=1S/C18H23ClN4O3/c1-13(24)10-22-6-8-23(9-7-22)11-17-21-16(12-26-17)18(25)20-15-4-2-14(19)3-5-15/h2-5,12-13,24H,6-11H2,1H3,(H,20,25)/t13-/m1/s1. The number of rotatable bonds is 6. The number of hydrogen-bond acceptors (Lipinski definition) is 6. The number of benzene rings is 1. The number of aromatic nitrogens is 1. The Morgan fingerprint density at radius 2 is 1.92 bits per heavy atom. The van der Waals surface area contributed by atoms with Gasteiger partial charge in [0.15, 0.2) is 5.69 Å². The van der Waals surface area contributed by atoms with Gasteiger partial charge in [-0.1, -0.05) is 11.6 Å². The van der Waals surface area contributed by atoms with Gasteiger partial charge in [0.05, 0.1) is 12.6 Å². The first-order valence-corrected chi connectivity index (χ1v) is 9.01. The van der Waals surface area contributed by atoms with E-state index < -0.39 is 0 Å². The molecule has 0 spiro atoms. The Balaban J connectivity index is 1.50. The Bertz CT molecular complexity index is 724. The maximum Gasteiger partial charge on any atom is 0.277 e. The Labute approximate surface area is 157 Å². The molecule has 1 aliphatic rings. The fourth-order valence-corrected chi connectivity index (χ4v) is 3.04. The Morgan fingerprint density at radius 1 is 1.27 bits per heavy atom. The van der Waals surface area contributed by atoms with Crippen LogP contribution < -0.4 is 5.32 Å². The molecule has 1 amide bonds. The van der Waals surface area contributed by atoms with Gasteiger partial charge in [-0.25, -0.2) is 4.98 Å². The monoisotopic (exact) mass is 378 g/mol. The molecule has 1 aromatic heterocycles. The molecule has 0 bridgehead atoms. The fourth-order valence-electron chi connectivity index (χ4n) is 2.91. The molecule has 7 nitrogen and oxygen atoms in total. The molecule has 1 fully saturated rings. The van der Waals surface area contributed by atoms with E-state index in [0.29, 0.717) is 29.7 Å². The predicted octanol–water partition coefficient (Wildman–Crippen LogP) is 2.08. The molecular weight excluding hydrogens is 356 g/mol. The molecule has 1 aromatic carbocycles. The molecule has 3 rings (SSSR count). The molecule has 0 aliphatic carbocycles. The van der Waals surface area contributed by atoms with Gasteiger partial charge in [-0.2, -0.15) is 0 Å². The molecule has 0 saturated carbocycles. The van der Waals surface area contributed by atoms with Crippen LogP contribution in [-0.4, -0.2) is 64.6 Å². The number of aliphatic hydroxyl groups excluding tert-OH is 1. The van der Waals surface area contributed by atoms with Crippen molar-refractivity contribution >= 4 is 23.2 Å². The first kappa shape index (κ1) is 18.8. The van der Waals surface area contributed by atoms with Gasteiger partial charge >= 0.3 is 0 Å². The zero-order valence-corrected chi connectivity index (χ0v) is 15.4. The van der Waals surface area contributed by atoms with Crippen molar-refractivity contribution in [1.29, 1.82) is 0 Å². The summed E-state index contributed by atoms with van der Waals surface area (Å²) in [7, 11) is 0. The second-order valence-electron chi connectivity index (χ2n) is 6.51. The second kappa shape index (κ2) is 8.64. The maximum absolute atomic E-state index is 12.2. The Morgan fingerprint density at radius 3 is 2.58 bits per heavy atom. The van der Waals surface area contributed by atoms with Crippen LogP contribution in [0.15, 0.2) is 34.9 Å². The number of amides is 1. The number of carbonyl (C=O) groups is 1. The first-order chi connectivity index (χ1) is 12.5. The fraction of sp³-hybridized carbons (Fsp3) is 0.444.